The number of allylic oxidation sites excluding steroid dienone is 2. The summed E-state index contributed by atoms with van der Waals surface area (Å²) < 4.78 is 44.4. The molecule has 2 aliphatic heterocycles. The summed E-state index contributed by atoms with van der Waals surface area (Å²) in [5, 5.41) is 0. The van der Waals surface area contributed by atoms with Crippen LogP contribution in [0.3, 0.4) is 0 Å². The zero-order valence-electron chi connectivity index (χ0n) is 25.1. The van der Waals surface area contributed by atoms with Crippen molar-refractivity contribution in [2.24, 2.45) is 0 Å². The summed E-state index contributed by atoms with van der Waals surface area (Å²) in [5.41, 5.74) is 7.86. The Kier molecular flexibility index (Phi) is 6.64. The van der Waals surface area contributed by atoms with Gasteiger partial charge < -0.3 is 22.3 Å². The van der Waals surface area contributed by atoms with Crippen molar-refractivity contribution in [3.63, 3.8) is 0 Å². The molecule has 0 radical (unpaired) electrons. The summed E-state index contributed by atoms with van der Waals surface area (Å²) in [6, 6.07) is 48.2. The van der Waals surface area contributed by atoms with Crippen LogP contribution >= 0.6 is 0 Å². The predicted octanol–water partition coefficient (Wildman–Crippen LogP) is 9.43. The molecule has 1 aromatic heterocycles. The van der Waals surface area contributed by atoms with Gasteiger partial charge in [-0.2, -0.15) is 0 Å². The van der Waals surface area contributed by atoms with Crippen molar-refractivity contribution in [2.45, 2.75) is 0 Å². The van der Waals surface area contributed by atoms with Gasteiger partial charge in [0.15, 0.2) is 11.4 Å². The second-order valence-corrected chi connectivity index (χ2v) is 11.5. The number of nitrogens with zero attached hydrogens (tertiary/aromatic N) is 2. The van der Waals surface area contributed by atoms with Gasteiger partial charge in [-0.1, -0.05) is 127 Å². The second kappa shape index (κ2) is 11.0. The summed E-state index contributed by atoms with van der Waals surface area (Å²) >= 11 is 0. The Bertz CT molecular complexity index is 2190. The van der Waals surface area contributed by atoms with E-state index in [4.69, 9.17) is 4.74 Å². The standard InChI is InChI=1S/C40H29BF2N2O/c1-46-37-25-15-14-24-32(37)38-39-33(28-16-6-2-7-17-28)26-35(30-20-10-4-11-21-30)44(39)41(42,43)45-36(31-22-12-5-13-23-31)27-34(40(38)45)29-18-8-3-9-19-29/h2-27H,1H3. The molecule has 3 nitrogen and oxygen atoms in total. The highest BCUT2D eigenvalue weighted by atomic mass is 19.2. The molecular weight excluding hydrogens is 573 g/mol. The van der Waals surface area contributed by atoms with Crippen molar-refractivity contribution >= 4 is 23.8 Å². The van der Waals surface area contributed by atoms with Gasteiger partial charge in [-0.3, -0.25) is 0 Å². The van der Waals surface area contributed by atoms with Crippen molar-refractivity contribution in [2.75, 3.05) is 7.11 Å². The molecule has 0 aliphatic carbocycles. The molecule has 0 fully saturated rings. The fourth-order valence-electron chi connectivity index (χ4n) is 6.88. The van der Waals surface area contributed by atoms with Gasteiger partial charge >= 0.3 is 6.97 Å². The number of benzene rings is 5. The molecule has 0 spiro atoms. The summed E-state index contributed by atoms with van der Waals surface area (Å²) in [7, 11) is 1.62. The summed E-state index contributed by atoms with van der Waals surface area (Å²) in [4.78, 5) is 0. The highest BCUT2D eigenvalue weighted by molar-refractivity contribution is 6.59. The minimum Gasteiger partial charge on any atom is -0.496 e. The molecule has 0 atom stereocenters. The summed E-state index contributed by atoms with van der Waals surface area (Å²) in [6.07, 6.45) is 1.92. The average Bonchev–Trinajstić information content (AvgIpc) is 3.72. The van der Waals surface area contributed by atoms with Crippen molar-refractivity contribution in [1.29, 1.82) is 0 Å². The minimum atomic E-state index is -4.41. The van der Waals surface area contributed by atoms with E-state index in [1.54, 1.807) is 7.11 Å². The van der Waals surface area contributed by atoms with Crippen LogP contribution in [-0.2, 0) is 0 Å². The zero-order chi connectivity index (χ0) is 31.3. The van der Waals surface area contributed by atoms with Crippen LogP contribution in [-0.4, -0.2) is 28.8 Å². The molecule has 46 heavy (non-hydrogen) atoms. The van der Waals surface area contributed by atoms with Gasteiger partial charge in [0.1, 0.15) is 5.75 Å². The largest absolute Gasteiger partial charge is 0.737 e. The first-order valence-corrected chi connectivity index (χ1v) is 15.3. The lowest BCUT2D eigenvalue weighted by Crippen LogP contribution is -2.51. The molecule has 0 bridgehead atoms. The number of hydrogen-bond donors (Lipinski definition) is 0. The number of ether oxygens (including phenoxy) is 1. The van der Waals surface area contributed by atoms with Gasteiger partial charge in [0.2, 0.25) is 0 Å². The van der Waals surface area contributed by atoms with E-state index in [1.807, 2.05) is 158 Å². The van der Waals surface area contributed by atoms with Gasteiger partial charge in [0.25, 0.3) is 0 Å². The number of fused-ring (bicyclic) bond motifs is 2. The third-order valence-corrected chi connectivity index (χ3v) is 8.85. The number of rotatable bonds is 6. The van der Waals surface area contributed by atoms with Gasteiger partial charge in [-0.25, -0.2) is 0 Å². The van der Waals surface area contributed by atoms with Crippen LogP contribution in [0.5, 0.6) is 5.75 Å². The predicted molar refractivity (Wildman–Crippen MR) is 183 cm³/mol. The lowest BCUT2D eigenvalue weighted by molar-refractivity contribution is -0.359. The van der Waals surface area contributed by atoms with Gasteiger partial charge in [0.05, 0.1) is 18.3 Å². The third kappa shape index (κ3) is 4.29. The van der Waals surface area contributed by atoms with E-state index in [0.29, 0.717) is 45.2 Å². The van der Waals surface area contributed by atoms with E-state index < -0.39 is 6.97 Å². The van der Waals surface area contributed by atoms with Gasteiger partial charge in [-0.05, 0) is 41.0 Å². The third-order valence-electron chi connectivity index (χ3n) is 8.85. The van der Waals surface area contributed by atoms with E-state index in [1.165, 1.54) is 8.96 Å². The van der Waals surface area contributed by atoms with Crippen LogP contribution in [0.15, 0.2) is 163 Å². The minimum absolute atomic E-state index is 0.450. The smallest absolute Gasteiger partial charge is 0.496 e. The first-order chi connectivity index (χ1) is 22.6. The number of methoxy groups -OCH3 is 1. The van der Waals surface area contributed by atoms with Crippen molar-refractivity contribution < 1.29 is 17.9 Å². The van der Waals surface area contributed by atoms with E-state index in [9.17, 15) is 0 Å². The fraction of sp³-hybridized carbons (Fsp3) is 0.0250. The maximum atomic E-state index is 18.0. The van der Waals surface area contributed by atoms with Crippen LogP contribution in [0.25, 0.3) is 33.5 Å². The van der Waals surface area contributed by atoms with Crippen LogP contribution in [0.1, 0.15) is 22.4 Å². The van der Waals surface area contributed by atoms with Crippen LogP contribution in [0.4, 0.5) is 8.63 Å². The maximum Gasteiger partial charge on any atom is 0.737 e. The van der Waals surface area contributed by atoms with Crippen LogP contribution < -0.4 is 4.74 Å². The van der Waals surface area contributed by atoms with Gasteiger partial charge in [-0.15, -0.1) is 0 Å². The Labute approximate surface area is 266 Å². The normalized spacial score (nSPS) is 15.0. The quantitative estimate of drug-likeness (QED) is 0.174. The Morgan fingerprint density at radius 1 is 0.587 bits per heavy atom. The molecule has 0 N–H and O–H groups in total. The molecule has 222 valence electrons. The van der Waals surface area contributed by atoms with Gasteiger partial charge in [0, 0.05) is 34.2 Å². The molecule has 0 saturated heterocycles. The fourth-order valence-corrected chi connectivity index (χ4v) is 6.88. The lowest BCUT2D eigenvalue weighted by atomic mass is 9.81. The van der Waals surface area contributed by atoms with Crippen molar-refractivity contribution in [1.82, 2.24) is 4.48 Å². The SMILES string of the molecule is COc1ccccc1C1=C2C(c3ccccc3)=CC(c3ccccc3)=[N+]2[B-](F)(F)n2c(-c3ccccc3)cc(-c3ccccc3)c21. The molecule has 6 aromatic rings. The molecule has 8 rings (SSSR count). The Morgan fingerprint density at radius 3 is 1.72 bits per heavy atom. The summed E-state index contributed by atoms with van der Waals surface area (Å²) in [5.74, 6) is 0.608. The van der Waals surface area contributed by atoms with Crippen LogP contribution in [0, 0.1) is 0 Å². The number of hydrogen-bond acceptors (Lipinski definition) is 1. The molecule has 0 saturated carbocycles. The van der Waals surface area contributed by atoms with Crippen LogP contribution in [0.2, 0.25) is 0 Å². The Hall–Kier alpha value is -5.75. The molecule has 3 heterocycles. The Morgan fingerprint density at radius 2 is 1.11 bits per heavy atom. The van der Waals surface area contributed by atoms with E-state index in [0.717, 1.165) is 27.8 Å². The molecule has 0 unspecified atom stereocenters. The molecule has 0 amide bonds. The van der Waals surface area contributed by atoms with E-state index in [-0.39, 0.29) is 0 Å². The highest BCUT2D eigenvalue weighted by Gasteiger charge is 2.57. The topological polar surface area (TPSA) is 17.2 Å². The first kappa shape index (κ1) is 27.8. The van der Waals surface area contributed by atoms with Crippen molar-refractivity contribution in [3.05, 3.63) is 186 Å². The maximum absolute atomic E-state index is 18.0. The van der Waals surface area contributed by atoms with E-state index in [2.05, 4.69) is 0 Å². The van der Waals surface area contributed by atoms with Crippen molar-refractivity contribution in [3.8, 4) is 28.1 Å². The summed E-state index contributed by atoms with van der Waals surface area (Å²) in [6.45, 7) is -4.41. The average molecular weight is 602 g/mol. The molecular formula is C40H29BF2N2O. The first-order valence-electron chi connectivity index (χ1n) is 15.3. The molecule has 2 aliphatic rings. The monoisotopic (exact) mass is 602 g/mol. The molecule has 6 heteroatoms. The Balaban J connectivity index is 1.60. The second-order valence-electron chi connectivity index (χ2n) is 11.5. The highest BCUT2D eigenvalue weighted by Crippen LogP contribution is 2.52. The number of aromatic nitrogens is 1. The lowest BCUT2D eigenvalue weighted by Gasteiger charge is -2.35. The number of para-hydroxylation sites is 1. The number of halogens is 2. The zero-order valence-corrected chi connectivity index (χ0v) is 25.1. The van der Waals surface area contributed by atoms with E-state index >= 15 is 8.63 Å². The molecule has 5 aromatic carbocycles.